The summed E-state index contributed by atoms with van der Waals surface area (Å²) in [7, 11) is 0. The van der Waals surface area contributed by atoms with Crippen molar-refractivity contribution in [1.29, 1.82) is 0 Å². The van der Waals surface area contributed by atoms with E-state index in [9.17, 15) is 4.79 Å². The molecule has 0 amide bonds. The van der Waals surface area contributed by atoms with Crippen molar-refractivity contribution >= 4 is 16.7 Å². The van der Waals surface area contributed by atoms with E-state index in [1.165, 1.54) is 10.8 Å². The van der Waals surface area contributed by atoms with Crippen molar-refractivity contribution in [3.05, 3.63) is 48.0 Å². The molecule has 3 rings (SSSR count). The molecule has 0 radical (unpaired) electrons. The number of benzene rings is 2. The molecule has 18 heavy (non-hydrogen) atoms. The lowest BCUT2D eigenvalue weighted by Crippen LogP contribution is -2.30. The second-order valence-corrected chi connectivity index (χ2v) is 4.85. The van der Waals surface area contributed by atoms with E-state index in [1.54, 1.807) is 0 Å². The van der Waals surface area contributed by atoms with Gasteiger partial charge in [-0.2, -0.15) is 0 Å². The lowest BCUT2D eigenvalue weighted by molar-refractivity contribution is -0.142. The lowest BCUT2D eigenvalue weighted by atomic mass is 9.75. The largest absolute Gasteiger partial charge is 0.465 e. The molecule has 0 saturated carbocycles. The monoisotopic (exact) mass is 240 g/mol. The van der Waals surface area contributed by atoms with E-state index in [1.807, 2.05) is 18.2 Å². The highest BCUT2D eigenvalue weighted by Gasteiger charge is 2.45. The maximum Gasteiger partial charge on any atom is 0.316 e. The molecular weight excluding hydrogens is 224 g/mol. The minimum Gasteiger partial charge on any atom is -0.465 e. The fourth-order valence-electron chi connectivity index (χ4n) is 2.96. The summed E-state index contributed by atoms with van der Waals surface area (Å²) in [4.78, 5) is 12.1. The second-order valence-electron chi connectivity index (χ2n) is 4.85. The molecular formula is C16H16O2. The second kappa shape index (κ2) is 4.13. The molecule has 2 aromatic rings. The van der Waals surface area contributed by atoms with Gasteiger partial charge in [-0.05, 0) is 22.8 Å². The van der Waals surface area contributed by atoms with Gasteiger partial charge in [-0.25, -0.2) is 0 Å². The summed E-state index contributed by atoms with van der Waals surface area (Å²) >= 11 is 0. The van der Waals surface area contributed by atoms with Crippen LogP contribution in [0, 0.1) is 0 Å². The Morgan fingerprint density at radius 2 is 1.94 bits per heavy atom. The molecule has 1 aliphatic rings. The molecule has 1 unspecified atom stereocenters. The van der Waals surface area contributed by atoms with E-state index >= 15 is 0 Å². The van der Waals surface area contributed by atoms with Gasteiger partial charge in [-0.3, -0.25) is 4.79 Å². The maximum atomic E-state index is 12.1. The van der Waals surface area contributed by atoms with Crippen LogP contribution in [0.15, 0.2) is 42.5 Å². The molecule has 0 bridgehead atoms. The van der Waals surface area contributed by atoms with Gasteiger partial charge in [-0.15, -0.1) is 0 Å². The first-order valence-electron chi connectivity index (χ1n) is 6.43. The van der Waals surface area contributed by atoms with Crippen LogP contribution in [0.1, 0.15) is 25.3 Å². The number of fused-ring (bicyclic) bond motifs is 1. The minimum absolute atomic E-state index is 0.0682. The number of cyclic esters (lactones) is 1. The average molecular weight is 240 g/mol. The summed E-state index contributed by atoms with van der Waals surface area (Å²) in [6, 6.07) is 14.4. The number of rotatable bonds is 2. The third-order valence-electron chi connectivity index (χ3n) is 4.06. The lowest BCUT2D eigenvalue weighted by Gasteiger charge is -2.25. The Bertz CT molecular complexity index is 598. The molecule has 0 aliphatic carbocycles. The molecule has 1 atom stereocenters. The van der Waals surface area contributed by atoms with Crippen LogP contribution in [0.4, 0.5) is 0 Å². The Balaban J connectivity index is 2.28. The van der Waals surface area contributed by atoms with Gasteiger partial charge in [0.15, 0.2) is 0 Å². The summed E-state index contributed by atoms with van der Waals surface area (Å²) in [6.45, 7) is 2.60. The van der Waals surface area contributed by atoms with Gasteiger partial charge in [0.05, 0.1) is 12.0 Å². The first-order valence-corrected chi connectivity index (χ1v) is 6.43. The van der Waals surface area contributed by atoms with Crippen molar-refractivity contribution in [1.82, 2.24) is 0 Å². The zero-order valence-electron chi connectivity index (χ0n) is 10.5. The highest BCUT2D eigenvalue weighted by atomic mass is 16.5. The zero-order chi connectivity index (χ0) is 12.6. The van der Waals surface area contributed by atoms with Crippen LogP contribution < -0.4 is 0 Å². The molecule has 1 heterocycles. The molecule has 0 spiro atoms. The molecule has 1 fully saturated rings. The van der Waals surface area contributed by atoms with Crippen LogP contribution in [0.3, 0.4) is 0 Å². The van der Waals surface area contributed by atoms with E-state index in [4.69, 9.17) is 4.74 Å². The number of carbonyl (C=O) groups excluding carboxylic acids is 1. The van der Waals surface area contributed by atoms with Gasteiger partial charge >= 0.3 is 5.97 Å². The van der Waals surface area contributed by atoms with Crippen LogP contribution >= 0.6 is 0 Å². The van der Waals surface area contributed by atoms with Crippen molar-refractivity contribution < 1.29 is 9.53 Å². The Labute approximate surface area is 107 Å². The molecule has 2 heteroatoms. The summed E-state index contributed by atoms with van der Waals surface area (Å²) < 4.78 is 5.22. The van der Waals surface area contributed by atoms with Crippen LogP contribution in [0.5, 0.6) is 0 Å². The Kier molecular flexibility index (Phi) is 2.58. The van der Waals surface area contributed by atoms with Crippen LogP contribution in [-0.4, -0.2) is 12.6 Å². The van der Waals surface area contributed by atoms with E-state index < -0.39 is 5.41 Å². The van der Waals surface area contributed by atoms with E-state index in [0.29, 0.717) is 6.61 Å². The first kappa shape index (κ1) is 11.3. The predicted octanol–water partition coefficient (Wildman–Crippen LogP) is 3.43. The molecule has 1 aliphatic heterocycles. The van der Waals surface area contributed by atoms with Crippen molar-refractivity contribution in [2.24, 2.45) is 0 Å². The van der Waals surface area contributed by atoms with Crippen LogP contribution in [-0.2, 0) is 14.9 Å². The summed E-state index contributed by atoms with van der Waals surface area (Å²) in [5.41, 5.74) is 0.673. The Morgan fingerprint density at radius 3 is 2.67 bits per heavy atom. The van der Waals surface area contributed by atoms with Gasteiger partial charge in [0, 0.05) is 6.42 Å². The molecule has 0 aromatic heterocycles. The molecule has 1 saturated heterocycles. The summed E-state index contributed by atoms with van der Waals surface area (Å²) in [5, 5.41) is 2.35. The highest BCUT2D eigenvalue weighted by molar-refractivity contribution is 5.94. The fourth-order valence-corrected chi connectivity index (χ4v) is 2.96. The van der Waals surface area contributed by atoms with Gasteiger partial charge < -0.3 is 4.74 Å². The van der Waals surface area contributed by atoms with E-state index in [-0.39, 0.29) is 5.97 Å². The van der Waals surface area contributed by atoms with Gasteiger partial charge in [0.25, 0.3) is 0 Å². The number of hydrogen-bond donors (Lipinski definition) is 0. The number of carbonyl (C=O) groups is 1. The standard InChI is InChI=1S/C16H16O2/c1-2-16(10-11-18-15(16)17)14-9-5-7-12-6-3-4-8-13(12)14/h3-9H,2,10-11H2,1H3. The number of ether oxygens (including phenoxy) is 1. The predicted molar refractivity (Wildman–Crippen MR) is 71.5 cm³/mol. The fraction of sp³-hybridized carbons (Fsp3) is 0.312. The van der Waals surface area contributed by atoms with Gasteiger partial charge in [-0.1, -0.05) is 49.4 Å². The molecule has 0 N–H and O–H groups in total. The Morgan fingerprint density at radius 1 is 1.17 bits per heavy atom. The van der Waals surface area contributed by atoms with Crippen molar-refractivity contribution in [2.45, 2.75) is 25.2 Å². The van der Waals surface area contributed by atoms with E-state index in [2.05, 4.69) is 31.2 Å². The zero-order valence-corrected chi connectivity index (χ0v) is 10.5. The highest BCUT2D eigenvalue weighted by Crippen LogP contribution is 2.40. The Hall–Kier alpha value is -1.83. The number of hydrogen-bond acceptors (Lipinski definition) is 2. The van der Waals surface area contributed by atoms with Crippen molar-refractivity contribution in [3.8, 4) is 0 Å². The maximum absolute atomic E-state index is 12.1. The van der Waals surface area contributed by atoms with Gasteiger partial charge in [0.1, 0.15) is 0 Å². The average Bonchev–Trinajstić information content (AvgIpc) is 2.80. The SMILES string of the molecule is CCC1(c2cccc3ccccc23)CCOC1=O. The molecule has 92 valence electrons. The van der Waals surface area contributed by atoms with E-state index in [0.717, 1.165) is 18.4 Å². The third kappa shape index (κ3) is 1.45. The van der Waals surface area contributed by atoms with Crippen molar-refractivity contribution in [2.75, 3.05) is 6.61 Å². The normalized spacial score (nSPS) is 23.3. The minimum atomic E-state index is -0.444. The van der Waals surface area contributed by atoms with Gasteiger partial charge in [0.2, 0.25) is 0 Å². The molecule has 2 aromatic carbocycles. The number of esters is 1. The topological polar surface area (TPSA) is 26.3 Å². The summed E-state index contributed by atoms with van der Waals surface area (Å²) in [5.74, 6) is -0.0682. The smallest absolute Gasteiger partial charge is 0.316 e. The van der Waals surface area contributed by atoms with Crippen LogP contribution in [0.2, 0.25) is 0 Å². The quantitative estimate of drug-likeness (QED) is 0.752. The molecule has 2 nitrogen and oxygen atoms in total. The van der Waals surface area contributed by atoms with Crippen molar-refractivity contribution in [3.63, 3.8) is 0 Å². The van der Waals surface area contributed by atoms with Crippen LogP contribution in [0.25, 0.3) is 10.8 Å². The first-order chi connectivity index (χ1) is 8.78. The third-order valence-corrected chi connectivity index (χ3v) is 4.06. The summed E-state index contributed by atoms with van der Waals surface area (Å²) in [6.07, 6.45) is 1.58.